The first-order valence-corrected chi connectivity index (χ1v) is 13.1. The molecule has 0 unspecified atom stereocenters. The van der Waals surface area contributed by atoms with Gasteiger partial charge in [0, 0.05) is 42.3 Å². The van der Waals surface area contributed by atoms with Crippen LogP contribution < -0.4 is 10.6 Å². The summed E-state index contributed by atoms with van der Waals surface area (Å²) < 4.78 is 14.6. The molecule has 2 N–H and O–H groups in total. The number of pyridine rings is 2. The molecule has 3 aromatic rings. The van der Waals surface area contributed by atoms with Crippen molar-refractivity contribution in [2.24, 2.45) is 10.7 Å². The van der Waals surface area contributed by atoms with E-state index in [9.17, 15) is 9.18 Å². The summed E-state index contributed by atoms with van der Waals surface area (Å²) in [5, 5.41) is 0.459. The highest BCUT2D eigenvalue weighted by molar-refractivity contribution is 6.35. The second-order valence-corrected chi connectivity index (χ2v) is 10.4. The van der Waals surface area contributed by atoms with Crippen LogP contribution in [-0.4, -0.2) is 64.7 Å². The molecule has 6 rings (SSSR count). The fourth-order valence-corrected chi connectivity index (χ4v) is 6.11. The van der Waals surface area contributed by atoms with Gasteiger partial charge in [-0.2, -0.15) is 0 Å². The molecule has 0 atom stereocenters. The number of aromatic nitrogens is 2. The van der Waals surface area contributed by atoms with Crippen molar-refractivity contribution in [3.63, 3.8) is 0 Å². The van der Waals surface area contributed by atoms with Crippen LogP contribution in [0.5, 0.6) is 0 Å². The van der Waals surface area contributed by atoms with Gasteiger partial charge in [0.25, 0.3) is 0 Å². The van der Waals surface area contributed by atoms with Gasteiger partial charge in [-0.05, 0) is 49.2 Å². The van der Waals surface area contributed by atoms with Crippen molar-refractivity contribution < 1.29 is 9.18 Å². The molecule has 2 aromatic heterocycles. The molecule has 37 heavy (non-hydrogen) atoms. The van der Waals surface area contributed by atoms with Crippen LogP contribution in [-0.2, 0) is 4.79 Å². The molecule has 9 heteroatoms. The van der Waals surface area contributed by atoms with Crippen LogP contribution in [0.15, 0.2) is 53.7 Å². The number of allylic oxidation sites excluding steroid dienone is 1. The zero-order chi connectivity index (χ0) is 25.6. The first-order valence-electron chi connectivity index (χ1n) is 12.7. The number of carbonyl (C=O) groups excluding carboxylic acids is 1. The maximum atomic E-state index is 14.6. The monoisotopic (exact) mass is 518 g/mol. The van der Waals surface area contributed by atoms with Crippen LogP contribution in [0.2, 0.25) is 5.02 Å². The average molecular weight is 519 g/mol. The van der Waals surface area contributed by atoms with Gasteiger partial charge in [0.05, 0.1) is 40.9 Å². The average Bonchev–Trinajstić information content (AvgIpc) is 3.61. The van der Waals surface area contributed by atoms with E-state index in [-0.39, 0.29) is 11.7 Å². The van der Waals surface area contributed by atoms with Gasteiger partial charge in [0.15, 0.2) is 0 Å². The van der Waals surface area contributed by atoms with Crippen LogP contribution >= 0.6 is 11.6 Å². The van der Waals surface area contributed by atoms with E-state index >= 15 is 0 Å². The van der Waals surface area contributed by atoms with Gasteiger partial charge in [0.1, 0.15) is 11.4 Å². The Morgan fingerprint density at radius 2 is 1.81 bits per heavy atom. The largest absolute Gasteiger partial charge is 0.368 e. The van der Waals surface area contributed by atoms with Gasteiger partial charge in [0.2, 0.25) is 5.91 Å². The molecule has 0 spiro atoms. The third kappa shape index (κ3) is 4.28. The maximum Gasteiger partial charge on any atom is 0.237 e. The van der Waals surface area contributed by atoms with E-state index in [4.69, 9.17) is 22.3 Å². The number of anilines is 1. The van der Waals surface area contributed by atoms with E-state index < -0.39 is 5.54 Å². The molecule has 7 nitrogen and oxygen atoms in total. The van der Waals surface area contributed by atoms with Crippen molar-refractivity contribution in [2.75, 3.05) is 37.6 Å². The molecule has 190 valence electrons. The number of benzene rings is 1. The van der Waals surface area contributed by atoms with Crippen LogP contribution in [0.3, 0.4) is 0 Å². The Kier molecular flexibility index (Phi) is 6.16. The molecule has 1 saturated carbocycles. The Hall–Kier alpha value is -3.36. The molecule has 1 aromatic carbocycles. The number of nitrogens with two attached hydrogens (primary N) is 1. The van der Waals surface area contributed by atoms with Gasteiger partial charge in [-0.3, -0.25) is 19.7 Å². The van der Waals surface area contributed by atoms with E-state index in [0.717, 1.165) is 79.9 Å². The van der Waals surface area contributed by atoms with Gasteiger partial charge in [-0.15, -0.1) is 0 Å². The molecule has 2 fully saturated rings. The number of hydrogen-bond acceptors (Lipinski definition) is 6. The first-order chi connectivity index (χ1) is 17.9. The van der Waals surface area contributed by atoms with Gasteiger partial charge in [-0.25, -0.2) is 9.37 Å². The van der Waals surface area contributed by atoms with E-state index in [2.05, 4.69) is 19.8 Å². The predicted octanol–water partition coefficient (Wildman–Crippen LogP) is 4.23. The molecule has 1 aliphatic carbocycles. The van der Waals surface area contributed by atoms with E-state index in [1.54, 1.807) is 6.07 Å². The number of fused-ring (bicyclic) bond motifs is 1. The fraction of sp³-hybridized carbons (Fsp3) is 0.357. The lowest BCUT2D eigenvalue weighted by atomic mass is 9.93. The van der Waals surface area contributed by atoms with Crippen molar-refractivity contribution in [1.82, 2.24) is 14.9 Å². The summed E-state index contributed by atoms with van der Waals surface area (Å²) in [5.74, 6) is -0.556. The second-order valence-electron chi connectivity index (χ2n) is 9.94. The Morgan fingerprint density at radius 1 is 1.03 bits per heavy atom. The van der Waals surface area contributed by atoms with Crippen LogP contribution in [0.25, 0.3) is 16.6 Å². The fourth-order valence-electron chi connectivity index (χ4n) is 5.94. The van der Waals surface area contributed by atoms with E-state index in [1.165, 1.54) is 12.1 Å². The Labute approximate surface area is 219 Å². The summed E-state index contributed by atoms with van der Waals surface area (Å²) in [7, 11) is 0. The van der Waals surface area contributed by atoms with Crippen molar-refractivity contribution in [2.45, 2.75) is 31.2 Å². The molecule has 3 aliphatic rings. The summed E-state index contributed by atoms with van der Waals surface area (Å²) in [6.07, 6.45) is 7.65. The third-order valence-electron chi connectivity index (χ3n) is 7.92. The summed E-state index contributed by atoms with van der Waals surface area (Å²) in [4.78, 5) is 30.9. The Morgan fingerprint density at radius 3 is 2.57 bits per heavy atom. The van der Waals surface area contributed by atoms with Crippen LogP contribution in [0.1, 0.15) is 36.9 Å². The third-order valence-corrected chi connectivity index (χ3v) is 8.16. The number of amides is 1. The maximum absolute atomic E-state index is 14.6. The molecule has 1 amide bonds. The normalized spacial score (nSPS) is 19.8. The second kappa shape index (κ2) is 9.50. The minimum atomic E-state index is -0.485. The zero-order valence-electron chi connectivity index (χ0n) is 20.5. The minimum Gasteiger partial charge on any atom is -0.368 e. The van der Waals surface area contributed by atoms with Crippen molar-refractivity contribution in [3.05, 3.63) is 70.8 Å². The molecule has 1 saturated heterocycles. The molecule has 0 radical (unpaired) electrons. The van der Waals surface area contributed by atoms with E-state index in [0.29, 0.717) is 22.8 Å². The smallest absolute Gasteiger partial charge is 0.237 e. The molecular weight excluding hydrogens is 491 g/mol. The van der Waals surface area contributed by atoms with Crippen molar-refractivity contribution in [3.8, 4) is 0 Å². The quantitative estimate of drug-likeness (QED) is 0.546. The molecule has 2 aliphatic heterocycles. The van der Waals surface area contributed by atoms with E-state index in [1.807, 2.05) is 30.5 Å². The number of hydrogen-bond donors (Lipinski definition) is 1. The standard InChI is InChI=1S/C28H28ClFN6O/c29-18-3-4-22(30)21(15-18)26-20(7-10-32-26)23-5-6-24-25(34-23)16-19(17-33-24)35-11-13-36(14-12-35)28(27(31)37)8-1-2-9-28/h3-7,15-17H,1-2,8-14H2,(H2,31,37). The lowest BCUT2D eigenvalue weighted by molar-refractivity contribution is -0.130. The number of primary amides is 1. The highest BCUT2D eigenvalue weighted by atomic mass is 35.5. The highest BCUT2D eigenvalue weighted by Crippen LogP contribution is 2.36. The SMILES string of the molecule is NC(=O)C1(N2CCN(c3cnc4ccc(C5=CCN=C5c5cc(Cl)ccc5F)nc4c3)CC2)CCCC1. The van der Waals surface area contributed by atoms with Crippen molar-refractivity contribution >= 4 is 45.5 Å². The number of nitrogens with zero attached hydrogens (tertiary/aromatic N) is 5. The zero-order valence-corrected chi connectivity index (χ0v) is 21.2. The summed E-state index contributed by atoms with van der Waals surface area (Å²) in [6, 6.07) is 10.4. The predicted molar refractivity (Wildman–Crippen MR) is 145 cm³/mol. The van der Waals surface area contributed by atoms with Crippen molar-refractivity contribution in [1.29, 1.82) is 0 Å². The number of halogens is 2. The summed E-state index contributed by atoms with van der Waals surface area (Å²) in [5.41, 5.74) is 10.3. The van der Waals surface area contributed by atoms with Crippen LogP contribution in [0.4, 0.5) is 10.1 Å². The van der Waals surface area contributed by atoms with Gasteiger partial charge < -0.3 is 10.6 Å². The topological polar surface area (TPSA) is 87.7 Å². The molecule has 4 heterocycles. The molecular formula is C28H28ClFN6O. The first kappa shape index (κ1) is 24.0. The lowest BCUT2D eigenvalue weighted by Crippen LogP contribution is -2.61. The van der Waals surface area contributed by atoms with Crippen LogP contribution in [0, 0.1) is 5.82 Å². The Balaban J connectivity index is 1.24. The summed E-state index contributed by atoms with van der Waals surface area (Å²) in [6.45, 7) is 3.61. The number of piperazine rings is 1. The summed E-state index contributed by atoms with van der Waals surface area (Å²) >= 11 is 6.13. The Bertz CT molecular complexity index is 1440. The number of aliphatic imine (C=N–C) groups is 1. The minimum absolute atomic E-state index is 0.190. The highest BCUT2D eigenvalue weighted by Gasteiger charge is 2.45. The van der Waals surface area contributed by atoms with Gasteiger partial charge in [-0.1, -0.05) is 30.5 Å². The number of carbonyl (C=O) groups is 1. The lowest BCUT2D eigenvalue weighted by Gasteiger charge is -2.44. The molecule has 0 bridgehead atoms. The van der Waals surface area contributed by atoms with Gasteiger partial charge >= 0.3 is 0 Å². The number of rotatable bonds is 5.